The summed E-state index contributed by atoms with van der Waals surface area (Å²) in [4.78, 5) is 0. The van der Waals surface area contributed by atoms with Crippen LogP contribution in [-0.2, 0) is 17.8 Å². The van der Waals surface area contributed by atoms with Crippen molar-refractivity contribution >= 4 is 22.6 Å². The molecule has 0 saturated carbocycles. The molecule has 0 amide bonds. The molecule has 0 saturated heterocycles. The molecule has 0 unspecified atom stereocenters. The van der Waals surface area contributed by atoms with E-state index in [4.69, 9.17) is 4.74 Å². The van der Waals surface area contributed by atoms with Gasteiger partial charge in [0, 0.05) is 10.2 Å². The van der Waals surface area contributed by atoms with Crippen molar-refractivity contribution < 1.29 is 4.74 Å². The van der Waals surface area contributed by atoms with E-state index in [1.54, 1.807) is 0 Å². The third-order valence-electron chi connectivity index (χ3n) is 6.53. The molecular weight excluding hydrogens is 515 g/mol. The van der Waals surface area contributed by atoms with Crippen molar-refractivity contribution in [1.29, 1.82) is 0 Å². The van der Waals surface area contributed by atoms with E-state index in [1.807, 2.05) is 0 Å². The predicted octanol–water partition coefficient (Wildman–Crippen LogP) is 10.3. The summed E-state index contributed by atoms with van der Waals surface area (Å²) in [6.07, 6.45) is 23.7. The molecule has 0 bridgehead atoms. The van der Waals surface area contributed by atoms with Gasteiger partial charge < -0.3 is 4.74 Å². The third kappa shape index (κ3) is 16.4. The standard InChI is InChI=1S/C31H47IO/c32-31-25-23-29(24-26-31)20-16-13-11-9-7-5-3-1-2-4-6-8-10-12-14-19-27-33-28-30-21-17-15-18-22-30/h15,17-18,21-26H,1-14,16,19-20,27-28H2. The molecule has 184 valence electrons. The van der Waals surface area contributed by atoms with Crippen molar-refractivity contribution in [1.82, 2.24) is 0 Å². The first-order valence-corrected chi connectivity index (χ1v) is 14.8. The fourth-order valence-corrected chi connectivity index (χ4v) is 4.78. The van der Waals surface area contributed by atoms with E-state index in [0.29, 0.717) is 0 Å². The summed E-state index contributed by atoms with van der Waals surface area (Å²) < 4.78 is 7.10. The Bertz CT molecular complexity index is 667. The number of benzene rings is 2. The molecule has 0 radical (unpaired) electrons. The van der Waals surface area contributed by atoms with E-state index in [1.165, 1.54) is 124 Å². The molecule has 2 heteroatoms. The van der Waals surface area contributed by atoms with Crippen LogP contribution in [0.15, 0.2) is 54.6 Å². The molecule has 0 aromatic heterocycles. The molecule has 0 N–H and O–H groups in total. The van der Waals surface area contributed by atoms with Gasteiger partial charge in [-0.1, -0.05) is 132 Å². The Balaban J connectivity index is 1.22. The van der Waals surface area contributed by atoms with E-state index in [-0.39, 0.29) is 0 Å². The maximum absolute atomic E-state index is 5.76. The van der Waals surface area contributed by atoms with Crippen LogP contribution in [0.1, 0.15) is 114 Å². The van der Waals surface area contributed by atoms with Gasteiger partial charge in [-0.25, -0.2) is 0 Å². The van der Waals surface area contributed by atoms with Crippen molar-refractivity contribution in [2.45, 2.75) is 116 Å². The molecule has 0 aliphatic heterocycles. The average molecular weight is 563 g/mol. The van der Waals surface area contributed by atoms with Crippen LogP contribution in [0, 0.1) is 3.57 Å². The number of hydrogen-bond donors (Lipinski definition) is 0. The van der Waals surface area contributed by atoms with Crippen LogP contribution in [0.3, 0.4) is 0 Å². The number of halogens is 1. The zero-order valence-corrected chi connectivity index (χ0v) is 23.1. The lowest BCUT2D eigenvalue weighted by Gasteiger charge is -2.05. The summed E-state index contributed by atoms with van der Waals surface area (Å²) >= 11 is 2.38. The summed E-state index contributed by atoms with van der Waals surface area (Å²) in [7, 11) is 0. The molecule has 2 aromatic rings. The lowest BCUT2D eigenvalue weighted by atomic mass is 10.0. The van der Waals surface area contributed by atoms with Crippen molar-refractivity contribution in [2.24, 2.45) is 0 Å². The molecule has 0 heterocycles. The van der Waals surface area contributed by atoms with Gasteiger partial charge in [0.05, 0.1) is 6.61 Å². The van der Waals surface area contributed by atoms with E-state index in [9.17, 15) is 0 Å². The van der Waals surface area contributed by atoms with Crippen LogP contribution in [0.4, 0.5) is 0 Å². The number of ether oxygens (including phenoxy) is 1. The molecule has 0 fully saturated rings. The van der Waals surface area contributed by atoms with Gasteiger partial charge in [0.25, 0.3) is 0 Å². The minimum absolute atomic E-state index is 0.759. The molecule has 1 nitrogen and oxygen atoms in total. The van der Waals surface area contributed by atoms with Crippen molar-refractivity contribution in [3.8, 4) is 0 Å². The van der Waals surface area contributed by atoms with Gasteiger partial charge in [0.2, 0.25) is 0 Å². The Morgan fingerprint density at radius 2 is 0.909 bits per heavy atom. The Labute approximate surface area is 218 Å². The second kappa shape index (κ2) is 20.5. The summed E-state index contributed by atoms with van der Waals surface area (Å²) in [5, 5.41) is 0. The quantitative estimate of drug-likeness (QED) is 0.109. The van der Waals surface area contributed by atoms with E-state index in [2.05, 4.69) is 77.2 Å². The Morgan fingerprint density at radius 3 is 1.42 bits per heavy atom. The maximum Gasteiger partial charge on any atom is 0.0716 e. The molecule has 0 atom stereocenters. The minimum atomic E-state index is 0.759. The normalized spacial score (nSPS) is 11.2. The van der Waals surface area contributed by atoms with Crippen LogP contribution in [0.2, 0.25) is 0 Å². The Kier molecular flexibility index (Phi) is 17.6. The zero-order valence-electron chi connectivity index (χ0n) is 20.9. The maximum atomic E-state index is 5.76. The highest BCUT2D eigenvalue weighted by atomic mass is 127. The number of unbranched alkanes of at least 4 members (excludes halogenated alkanes) is 15. The lowest BCUT2D eigenvalue weighted by Crippen LogP contribution is -1.95. The molecule has 33 heavy (non-hydrogen) atoms. The van der Waals surface area contributed by atoms with Crippen LogP contribution < -0.4 is 0 Å². The van der Waals surface area contributed by atoms with Gasteiger partial charge in [-0.2, -0.15) is 0 Å². The van der Waals surface area contributed by atoms with Crippen LogP contribution in [-0.4, -0.2) is 6.61 Å². The summed E-state index contributed by atoms with van der Waals surface area (Å²) in [5.41, 5.74) is 2.78. The van der Waals surface area contributed by atoms with Crippen LogP contribution in [0.5, 0.6) is 0 Å². The predicted molar refractivity (Wildman–Crippen MR) is 153 cm³/mol. The topological polar surface area (TPSA) is 9.23 Å². The van der Waals surface area contributed by atoms with E-state index < -0.39 is 0 Å². The van der Waals surface area contributed by atoms with Gasteiger partial charge in [0.15, 0.2) is 0 Å². The SMILES string of the molecule is Ic1ccc(CCCCCCCCCCCCCCCCCCOCc2ccccc2)cc1. The molecule has 2 aromatic carbocycles. The average Bonchev–Trinajstić information content (AvgIpc) is 2.84. The largest absolute Gasteiger partial charge is 0.377 e. The first-order valence-electron chi connectivity index (χ1n) is 13.7. The molecule has 0 aliphatic carbocycles. The Morgan fingerprint density at radius 1 is 0.455 bits per heavy atom. The van der Waals surface area contributed by atoms with Gasteiger partial charge in [0.1, 0.15) is 0 Å². The fraction of sp³-hybridized carbons (Fsp3) is 0.613. The minimum Gasteiger partial charge on any atom is -0.377 e. The molecular formula is C31H47IO. The number of rotatable bonds is 21. The van der Waals surface area contributed by atoms with Crippen LogP contribution in [0.25, 0.3) is 0 Å². The van der Waals surface area contributed by atoms with Gasteiger partial charge in [-0.3, -0.25) is 0 Å². The molecule has 0 aliphatic rings. The molecule has 0 spiro atoms. The number of hydrogen-bond acceptors (Lipinski definition) is 1. The first-order chi connectivity index (χ1) is 16.3. The fourth-order valence-electron chi connectivity index (χ4n) is 4.42. The first kappa shape index (κ1) is 28.4. The number of aryl methyl sites for hydroxylation is 1. The molecule has 2 rings (SSSR count). The van der Waals surface area contributed by atoms with Crippen molar-refractivity contribution in [3.63, 3.8) is 0 Å². The van der Waals surface area contributed by atoms with Crippen molar-refractivity contribution in [3.05, 3.63) is 69.3 Å². The third-order valence-corrected chi connectivity index (χ3v) is 7.25. The monoisotopic (exact) mass is 562 g/mol. The Hall–Kier alpha value is -0.870. The highest BCUT2D eigenvalue weighted by Crippen LogP contribution is 2.15. The van der Waals surface area contributed by atoms with Crippen LogP contribution >= 0.6 is 22.6 Å². The lowest BCUT2D eigenvalue weighted by molar-refractivity contribution is 0.116. The van der Waals surface area contributed by atoms with Crippen molar-refractivity contribution in [2.75, 3.05) is 6.61 Å². The highest BCUT2D eigenvalue weighted by molar-refractivity contribution is 14.1. The van der Waals surface area contributed by atoms with Gasteiger partial charge in [-0.05, 0) is 65.1 Å². The summed E-state index contributed by atoms with van der Waals surface area (Å²) in [6.45, 7) is 1.66. The van der Waals surface area contributed by atoms with Gasteiger partial charge in [-0.15, -0.1) is 0 Å². The summed E-state index contributed by atoms with van der Waals surface area (Å²) in [6, 6.07) is 19.5. The smallest absolute Gasteiger partial charge is 0.0716 e. The summed E-state index contributed by atoms with van der Waals surface area (Å²) in [5.74, 6) is 0. The highest BCUT2D eigenvalue weighted by Gasteiger charge is 1.97. The van der Waals surface area contributed by atoms with E-state index >= 15 is 0 Å². The second-order valence-electron chi connectivity index (χ2n) is 9.57. The zero-order chi connectivity index (χ0) is 23.2. The van der Waals surface area contributed by atoms with Gasteiger partial charge >= 0.3 is 0 Å². The second-order valence-corrected chi connectivity index (χ2v) is 10.8. The van der Waals surface area contributed by atoms with E-state index in [0.717, 1.165) is 13.2 Å².